The van der Waals surface area contributed by atoms with E-state index < -0.39 is 5.82 Å². The second kappa shape index (κ2) is 8.78. The zero-order chi connectivity index (χ0) is 21.0. The molecule has 0 aliphatic rings. The summed E-state index contributed by atoms with van der Waals surface area (Å²) in [5, 5.41) is 14.3. The van der Waals surface area contributed by atoms with Crippen molar-refractivity contribution >= 4 is 28.5 Å². The Kier molecular flexibility index (Phi) is 6.18. The van der Waals surface area contributed by atoms with Gasteiger partial charge in [-0.3, -0.25) is 10.2 Å². The molecule has 0 aliphatic carbocycles. The summed E-state index contributed by atoms with van der Waals surface area (Å²) in [6.07, 6.45) is 3.72. The molecule has 0 bridgehead atoms. The van der Waals surface area contributed by atoms with E-state index in [2.05, 4.69) is 25.6 Å². The molecule has 0 saturated carbocycles. The van der Waals surface area contributed by atoms with E-state index in [0.717, 1.165) is 6.42 Å². The quantitative estimate of drug-likeness (QED) is 0.436. The Balaban J connectivity index is 1.95. The van der Waals surface area contributed by atoms with Crippen LogP contribution in [0.2, 0.25) is 0 Å². The molecule has 3 aromatic rings. The number of aromatic nitrogens is 3. The number of carbonyl (C=O) groups is 1. The van der Waals surface area contributed by atoms with Gasteiger partial charge in [0.25, 0.3) is 5.91 Å². The number of benzene rings is 1. The van der Waals surface area contributed by atoms with Gasteiger partial charge in [0.15, 0.2) is 5.65 Å². The third-order valence-corrected chi connectivity index (χ3v) is 4.60. The number of nitrogens with zero attached hydrogens (tertiary/aromatic N) is 2. The number of ether oxygens (including phenoxy) is 1. The van der Waals surface area contributed by atoms with E-state index in [1.165, 1.54) is 24.4 Å². The van der Waals surface area contributed by atoms with Crippen molar-refractivity contribution in [3.05, 3.63) is 53.2 Å². The number of halogens is 1. The number of anilines is 1. The number of methoxy groups -OCH3 is 1. The number of rotatable bonds is 8. The maximum Gasteiger partial charge on any atom is 0.255 e. The number of aromatic amines is 1. The molecule has 8 nitrogen and oxygen atoms in total. The van der Waals surface area contributed by atoms with Gasteiger partial charge in [0.1, 0.15) is 17.0 Å². The molecule has 0 radical (unpaired) electrons. The summed E-state index contributed by atoms with van der Waals surface area (Å²) in [5.74, 6) is -0.700. The van der Waals surface area contributed by atoms with Crippen molar-refractivity contribution in [1.29, 1.82) is 5.41 Å². The van der Waals surface area contributed by atoms with Gasteiger partial charge in [-0.05, 0) is 24.6 Å². The summed E-state index contributed by atoms with van der Waals surface area (Å²) < 4.78 is 18.6. The fraction of sp³-hybridized carbons (Fsp3) is 0.300. The van der Waals surface area contributed by atoms with E-state index in [0.29, 0.717) is 34.6 Å². The Bertz CT molecular complexity index is 1050. The molecule has 0 fully saturated rings. The number of carbonyl (C=O) groups excluding carboxylic acids is 1. The monoisotopic (exact) mass is 398 g/mol. The fourth-order valence-corrected chi connectivity index (χ4v) is 2.99. The largest absolute Gasteiger partial charge is 0.387 e. The first-order chi connectivity index (χ1) is 14.0. The smallest absolute Gasteiger partial charge is 0.255 e. The van der Waals surface area contributed by atoms with Gasteiger partial charge < -0.3 is 20.4 Å². The van der Waals surface area contributed by atoms with Crippen LogP contribution in [-0.4, -0.2) is 53.4 Å². The number of amides is 1. The van der Waals surface area contributed by atoms with E-state index in [1.54, 1.807) is 20.4 Å². The van der Waals surface area contributed by atoms with Gasteiger partial charge in [-0.1, -0.05) is 6.92 Å². The van der Waals surface area contributed by atoms with Crippen LogP contribution < -0.4 is 10.6 Å². The minimum Gasteiger partial charge on any atom is -0.387 e. The number of H-pyrrole nitrogens is 1. The minimum atomic E-state index is -0.404. The lowest BCUT2D eigenvalue weighted by Crippen LogP contribution is -2.37. The Morgan fingerprint density at radius 2 is 2.17 bits per heavy atom. The molecule has 29 heavy (non-hydrogen) atoms. The maximum absolute atomic E-state index is 13.5. The van der Waals surface area contributed by atoms with Crippen LogP contribution in [0, 0.1) is 11.2 Å². The molecule has 152 valence electrons. The molecule has 1 aromatic carbocycles. The highest BCUT2D eigenvalue weighted by Gasteiger charge is 2.19. The first kappa shape index (κ1) is 20.4. The zero-order valence-electron chi connectivity index (χ0n) is 16.5. The van der Waals surface area contributed by atoms with Crippen LogP contribution in [0.5, 0.6) is 0 Å². The SMILES string of the molecule is CCC(COC)NC(=O)c1c[nH]c2ncc(C(=N)c3ccc(F)cc3NC)nc12. The van der Waals surface area contributed by atoms with Gasteiger partial charge in [-0.2, -0.15) is 0 Å². The van der Waals surface area contributed by atoms with Crippen molar-refractivity contribution in [2.75, 3.05) is 26.1 Å². The van der Waals surface area contributed by atoms with Crippen molar-refractivity contribution in [2.24, 2.45) is 0 Å². The third-order valence-electron chi connectivity index (χ3n) is 4.60. The first-order valence-electron chi connectivity index (χ1n) is 9.19. The van der Waals surface area contributed by atoms with Gasteiger partial charge in [0, 0.05) is 31.6 Å². The highest BCUT2D eigenvalue weighted by Crippen LogP contribution is 2.21. The molecular formula is C20H23FN6O2. The average Bonchev–Trinajstić information content (AvgIpc) is 3.16. The van der Waals surface area contributed by atoms with Crippen LogP contribution >= 0.6 is 0 Å². The fourth-order valence-electron chi connectivity index (χ4n) is 2.99. The van der Waals surface area contributed by atoms with Crippen molar-refractivity contribution in [2.45, 2.75) is 19.4 Å². The summed E-state index contributed by atoms with van der Waals surface area (Å²) in [6, 6.07) is 3.99. The number of fused-ring (bicyclic) bond motifs is 1. The topological polar surface area (TPSA) is 116 Å². The van der Waals surface area contributed by atoms with Crippen molar-refractivity contribution in [3.8, 4) is 0 Å². The van der Waals surface area contributed by atoms with E-state index in [1.807, 2.05) is 6.92 Å². The summed E-state index contributed by atoms with van der Waals surface area (Å²) >= 11 is 0. The van der Waals surface area contributed by atoms with Gasteiger partial charge in [-0.25, -0.2) is 14.4 Å². The van der Waals surface area contributed by atoms with Gasteiger partial charge in [-0.15, -0.1) is 0 Å². The standard InChI is InChI=1S/C20H23FN6O2/c1-4-12(10-29-3)26-20(28)14-8-24-19-18(14)27-16(9-25-19)17(22)13-6-5-11(21)7-15(13)23-2/h5-9,12,22-23H,4,10H2,1-3H3,(H,24,25)(H,26,28). The molecule has 0 spiro atoms. The Morgan fingerprint density at radius 1 is 1.38 bits per heavy atom. The minimum absolute atomic E-state index is 0.0714. The maximum atomic E-state index is 13.5. The molecule has 9 heteroatoms. The predicted molar refractivity (Wildman–Crippen MR) is 109 cm³/mol. The Hall–Kier alpha value is -3.33. The van der Waals surface area contributed by atoms with Crippen LogP contribution in [0.15, 0.2) is 30.6 Å². The van der Waals surface area contributed by atoms with Crippen molar-refractivity contribution in [1.82, 2.24) is 20.3 Å². The Labute approximate surface area is 167 Å². The van der Waals surface area contributed by atoms with Crippen LogP contribution in [0.1, 0.15) is 35.0 Å². The Morgan fingerprint density at radius 3 is 2.86 bits per heavy atom. The molecule has 1 amide bonds. The number of hydrogen-bond acceptors (Lipinski definition) is 6. The normalized spacial score (nSPS) is 12.0. The molecule has 2 heterocycles. The molecule has 1 atom stereocenters. The van der Waals surface area contributed by atoms with Crippen LogP contribution in [0.25, 0.3) is 11.2 Å². The average molecular weight is 398 g/mol. The van der Waals surface area contributed by atoms with E-state index in [4.69, 9.17) is 10.1 Å². The zero-order valence-corrected chi connectivity index (χ0v) is 16.5. The van der Waals surface area contributed by atoms with Crippen molar-refractivity contribution < 1.29 is 13.9 Å². The third kappa shape index (κ3) is 4.24. The van der Waals surface area contributed by atoms with Gasteiger partial charge >= 0.3 is 0 Å². The predicted octanol–water partition coefficient (Wildman–Crippen LogP) is 2.71. The van der Waals surface area contributed by atoms with E-state index >= 15 is 0 Å². The summed E-state index contributed by atoms with van der Waals surface area (Å²) in [6.45, 7) is 2.37. The molecule has 1 unspecified atom stereocenters. The summed E-state index contributed by atoms with van der Waals surface area (Å²) in [5.41, 5.74) is 2.44. The molecule has 4 N–H and O–H groups in total. The van der Waals surface area contributed by atoms with Crippen LogP contribution in [-0.2, 0) is 4.74 Å². The van der Waals surface area contributed by atoms with Crippen LogP contribution in [0.3, 0.4) is 0 Å². The molecule has 3 rings (SSSR count). The van der Waals surface area contributed by atoms with E-state index in [-0.39, 0.29) is 23.4 Å². The molecule has 2 aromatic heterocycles. The lowest BCUT2D eigenvalue weighted by molar-refractivity contribution is 0.0896. The first-order valence-corrected chi connectivity index (χ1v) is 9.19. The molecule has 0 aliphatic heterocycles. The van der Waals surface area contributed by atoms with Gasteiger partial charge in [0.05, 0.1) is 30.1 Å². The number of nitrogens with one attached hydrogen (secondary N) is 4. The lowest BCUT2D eigenvalue weighted by Gasteiger charge is -2.15. The van der Waals surface area contributed by atoms with Crippen molar-refractivity contribution in [3.63, 3.8) is 0 Å². The van der Waals surface area contributed by atoms with Gasteiger partial charge in [0.2, 0.25) is 0 Å². The molecule has 0 saturated heterocycles. The second-order valence-electron chi connectivity index (χ2n) is 6.50. The molecular weight excluding hydrogens is 375 g/mol. The second-order valence-corrected chi connectivity index (χ2v) is 6.50. The lowest BCUT2D eigenvalue weighted by atomic mass is 10.1. The highest BCUT2D eigenvalue weighted by atomic mass is 19.1. The summed E-state index contributed by atoms with van der Waals surface area (Å²) in [7, 11) is 3.23. The number of hydrogen-bond donors (Lipinski definition) is 4. The van der Waals surface area contributed by atoms with Crippen LogP contribution in [0.4, 0.5) is 10.1 Å². The summed E-state index contributed by atoms with van der Waals surface area (Å²) in [4.78, 5) is 24.4. The van der Waals surface area contributed by atoms with E-state index in [9.17, 15) is 9.18 Å². The highest BCUT2D eigenvalue weighted by molar-refractivity contribution is 6.14.